The Morgan fingerprint density at radius 3 is 2.09 bits per heavy atom. The Kier molecular flexibility index (Phi) is 4.08. The number of fused-ring (bicyclic) bond motifs is 1. The van der Waals surface area contributed by atoms with E-state index >= 15 is 0 Å². The zero-order chi connectivity index (χ0) is 16.4. The first kappa shape index (κ1) is 15.5. The van der Waals surface area contributed by atoms with Crippen molar-refractivity contribution in [2.24, 2.45) is 5.92 Å². The quantitative estimate of drug-likeness (QED) is 0.617. The predicted octanol–water partition coefficient (Wildman–Crippen LogP) is 4.44. The van der Waals surface area contributed by atoms with Gasteiger partial charge in [-0.3, -0.25) is 0 Å². The van der Waals surface area contributed by atoms with E-state index in [1.807, 2.05) is 37.3 Å². The highest BCUT2D eigenvalue weighted by Gasteiger charge is 2.42. The molecule has 0 radical (unpaired) electrons. The molecule has 3 rings (SSSR count). The van der Waals surface area contributed by atoms with E-state index in [1.165, 1.54) is 11.1 Å². The molecule has 0 amide bonds. The molecule has 0 spiro atoms. The largest absolute Gasteiger partial charge is 0.451 e. The van der Waals surface area contributed by atoms with Gasteiger partial charge in [-0.1, -0.05) is 61.2 Å². The second-order valence-corrected chi connectivity index (χ2v) is 6.52. The summed E-state index contributed by atoms with van der Waals surface area (Å²) in [6, 6.07) is 18.5. The molecule has 0 fully saturated rings. The first-order valence-electron chi connectivity index (χ1n) is 8.02. The minimum Gasteiger partial charge on any atom is -0.451 e. The van der Waals surface area contributed by atoms with E-state index in [4.69, 9.17) is 4.74 Å². The van der Waals surface area contributed by atoms with E-state index in [-0.39, 0.29) is 11.9 Å². The van der Waals surface area contributed by atoms with Crippen molar-refractivity contribution in [3.63, 3.8) is 0 Å². The maximum absolute atomic E-state index is 12.2. The van der Waals surface area contributed by atoms with Crippen LogP contribution in [0, 0.1) is 5.92 Å². The van der Waals surface area contributed by atoms with Crippen LogP contribution in [0.1, 0.15) is 30.5 Å². The molecule has 118 valence electrons. The third-order valence-electron chi connectivity index (χ3n) is 4.83. The van der Waals surface area contributed by atoms with Gasteiger partial charge in [0.15, 0.2) is 0 Å². The summed E-state index contributed by atoms with van der Waals surface area (Å²) in [6.07, 6.45) is 1.84. The minimum absolute atomic E-state index is 0.227. The third kappa shape index (κ3) is 2.94. The van der Waals surface area contributed by atoms with Crippen LogP contribution < -0.4 is 0 Å². The average Bonchev–Trinajstić information content (AvgIpc) is 3.00. The summed E-state index contributed by atoms with van der Waals surface area (Å²) < 4.78 is 5.96. The molecular formula is C21H22O2. The standard InChI is InChI=1S/C21H22O2/c1-15(2)20(22)23-21(3,18-11-5-4-6-12-18)19-13-16-9-7-8-10-17(16)14-19/h4-12,19H,1,13-14H2,2-3H3. The van der Waals surface area contributed by atoms with Gasteiger partial charge in [-0.05, 0) is 43.4 Å². The van der Waals surface area contributed by atoms with Gasteiger partial charge < -0.3 is 4.74 Å². The molecule has 2 aromatic carbocycles. The summed E-state index contributed by atoms with van der Waals surface area (Å²) in [5.74, 6) is -0.0992. The lowest BCUT2D eigenvalue weighted by atomic mass is 9.80. The van der Waals surface area contributed by atoms with Crippen molar-refractivity contribution in [2.75, 3.05) is 0 Å². The van der Waals surface area contributed by atoms with Gasteiger partial charge in [0.05, 0.1) is 0 Å². The highest BCUT2D eigenvalue weighted by atomic mass is 16.6. The van der Waals surface area contributed by atoms with Gasteiger partial charge in [0.25, 0.3) is 0 Å². The van der Waals surface area contributed by atoms with Gasteiger partial charge in [0.1, 0.15) is 5.60 Å². The fourth-order valence-corrected chi connectivity index (χ4v) is 3.38. The average molecular weight is 306 g/mol. The van der Waals surface area contributed by atoms with Crippen molar-refractivity contribution in [1.82, 2.24) is 0 Å². The third-order valence-corrected chi connectivity index (χ3v) is 4.83. The SMILES string of the molecule is C=C(C)C(=O)OC(C)(c1ccccc1)C1Cc2ccccc2C1. The van der Waals surface area contributed by atoms with E-state index in [0.29, 0.717) is 5.57 Å². The van der Waals surface area contributed by atoms with Crippen LogP contribution in [0.3, 0.4) is 0 Å². The molecule has 0 N–H and O–H groups in total. The Hall–Kier alpha value is -2.35. The maximum atomic E-state index is 12.2. The molecule has 0 saturated carbocycles. The molecule has 0 aromatic heterocycles. The van der Waals surface area contributed by atoms with Gasteiger partial charge >= 0.3 is 5.97 Å². The van der Waals surface area contributed by atoms with Gasteiger partial charge in [0.2, 0.25) is 0 Å². The van der Waals surface area contributed by atoms with Crippen LogP contribution in [0.25, 0.3) is 0 Å². The van der Waals surface area contributed by atoms with Crippen LogP contribution in [0.2, 0.25) is 0 Å². The van der Waals surface area contributed by atoms with E-state index in [0.717, 1.165) is 18.4 Å². The number of carbonyl (C=O) groups is 1. The van der Waals surface area contributed by atoms with E-state index in [9.17, 15) is 4.79 Å². The van der Waals surface area contributed by atoms with E-state index < -0.39 is 5.60 Å². The Bertz CT molecular complexity index is 708. The summed E-state index contributed by atoms with van der Waals surface area (Å²) in [6.45, 7) is 7.44. The Morgan fingerprint density at radius 2 is 1.57 bits per heavy atom. The summed E-state index contributed by atoms with van der Waals surface area (Å²) in [4.78, 5) is 12.2. The van der Waals surface area contributed by atoms with Crippen molar-refractivity contribution in [2.45, 2.75) is 32.3 Å². The normalized spacial score (nSPS) is 16.4. The molecule has 2 nitrogen and oxygen atoms in total. The molecule has 0 heterocycles. The number of esters is 1. The molecule has 1 aliphatic rings. The van der Waals surface area contributed by atoms with Crippen LogP contribution in [0.15, 0.2) is 66.7 Å². The topological polar surface area (TPSA) is 26.3 Å². The summed E-state index contributed by atoms with van der Waals surface area (Å²) in [5, 5.41) is 0. The van der Waals surface area contributed by atoms with Crippen LogP contribution in [-0.2, 0) is 28.0 Å². The lowest BCUT2D eigenvalue weighted by Crippen LogP contribution is -2.38. The molecule has 2 heteroatoms. The van der Waals surface area contributed by atoms with Gasteiger partial charge in [-0.15, -0.1) is 0 Å². The second kappa shape index (κ2) is 6.04. The summed E-state index contributed by atoms with van der Waals surface area (Å²) >= 11 is 0. The summed E-state index contributed by atoms with van der Waals surface area (Å²) in [7, 11) is 0. The number of hydrogen-bond donors (Lipinski definition) is 0. The van der Waals surface area contributed by atoms with Crippen molar-refractivity contribution < 1.29 is 9.53 Å². The lowest BCUT2D eigenvalue weighted by Gasteiger charge is -2.36. The van der Waals surface area contributed by atoms with Crippen molar-refractivity contribution in [3.8, 4) is 0 Å². The molecule has 0 aliphatic heterocycles. The van der Waals surface area contributed by atoms with Gasteiger partial charge in [0, 0.05) is 11.5 Å². The zero-order valence-corrected chi connectivity index (χ0v) is 13.7. The molecule has 0 bridgehead atoms. The van der Waals surface area contributed by atoms with E-state index in [1.54, 1.807) is 6.92 Å². The van der Waals surface area contributed by atoms with Gasteiger partial charge in [-0.2, -0.15) is 0 Å². The first-order valence-corrected chi connectivity index (χ1v) is 8.02. The zero-order valence-electron chi connectivity index (χ0n) is 13.7. The van der Waals surface area contributed by atoms with Gasteiger partial charge in [-0.25, -0.2) is 4.79 Å². The lowest BCUT2D eigenvalue weighted by molar-refractivity contribution is -0.160. The Labute approximate surface area is 137 Å². The number of rotatable bonds is 4. The first-order chi connectivity index (χ1) is 11.0. The van der Waals surface area contributed by atoms with E-state index in [2.05, 4.69) is 30.8 Å². The van der Waals surface area contributed by atoms with Crippen molar-refractivity contribution >= 4 is 5.97 Å². The van der Waals surface area contributed by atoms with Crippen LogP contribution in [0.5, 0.6) is 0 Å². The molecule has 2 aromatic rings. The van der Waals surface area contributed by atoms with Crippen molar-refractivity contribution in [1.29, 1.82) is 0 Å². The number of hydrogen-bond acceptors (Lipinski definition) is 2. The minimum atomic E-state index is -0.656. The van der Waals surface area contributed by atoms with Crippen molar-refractivity contribution in [3.05, 3.63) is 83.4 Å². The monoisotopic (exact) mass is 306 g/mol. The molecule has 1 atom stereocenters. The number of carbonyl (C=O) groups excluding carboxylic acids is 1. The van der Waals surface area contributed by atoms with Crippen LogP contribution in [-0.4, -0.2) is 5.97 Å². The Morgan fingerprint density at radius 1 is 1.04 bits per heavy atom. The molecule has 1 aliphatic carbocycles. The molecule has 1 unspecified atom stereocenters. The number of ether oxygens (including phenoxy) is 1. The molecule has 23 heavy (non-hydrogen) atoms. The molecule has 0 saturated heterocycles. The fourth-order valence-electron chi connectivity index (χ4n) is 3.38. The highest BCUT2D eigenvalue weighted by Crippen LogP contribution is 2.42. The Balaban J connectivity index is 1.97. The number of benzene rings is 2. The van der Waals surface area contributed by atoms with Crippen LogP contribution in [0.4, 0.5) is 0 Å². The smallest absolute Gasteiger partial charge is 0.333 e. The fraction of sp³-hybridized carbons (Fsp3) is 0.286. The second-order valence-electron chi connectivity index (χ2n) is 6.52. The molecular weight excluding hydrogens is 284 g/mol. The maximum Gasteiger partial charge on any atom is 0.333 e. The highest BCUT2D eigenvalue weighted by molar-refractivity contribution is 5.87. The summed E-state index contributed by atoms with van der Waals surface area (Å²) in [5.41, 5.74) is 3.52. The van der Waals surface area contributed by atoms with Crippen LogP contribution >= 0.6 is 0 Å². The predicted molar refractivity (Wildman–Crippen MR) is 92.0 cm³/mol.